The van der Waals surface area contributed by atoms with Gasteiger partial charge in [0.1, 0.15) is 5.69 Å². The first-order valence-electron chi connectivity index (χ1n) is 7.72. The molecule has 0 amide bonds. The van der Waals surface area contributed by atoms with Gasteiger partial charge in [-0.05, 0) is 30.3 Å². The molecule has 0 saturated heterocycles. The smallest absolute Gasteiger partial charge is 0.183 e. The summed E-state index contributed by atoms with van der Waals surface area (Å²) in [5, 5.41) is 7.38. The van der Waals surface area contributed by atoms with E-state index in [1.807, 2.05) is 13.8 Å². The normalized spacial score (nSPS) is 9.50. The highest BCUT2D eigenvalue weighted by Crippen LogP contribution is 2.28. The SMILES string of the molecule is CC.COc1ccc(C(=O)CCC(=O)c2cccnn2)cc1OC. The zero-order valence-corrected chi connectivity index (χ0v) is 14.4. The average molecular weight is 330 g/mol. The molecule has 1 aromatic carbocycles. The van der Waals surface area contributed by atoms with E-state index in [0.29, 0.717) is 17.1 Å². The summed E-state index contributed by atoms with van der Waals surface area (Å²) in [5.74, 6) is 0.684. The third-order valence-corrected chi connectivity index (χ3v) is 3.14. The maximum atomic E-state index is 12.2. The lowest BCUT2D eigenvalue weighted by atomic mass is 10.0. The van der Waals surface area contributed by atoms with E-state index in [4.69, 9.17) is 9.47 Å². The van der Waals surface area contributed by atoms with Crippen LogP contribution in [0.2, 0.25) is 0 Å². The minimum absolute atomic E-state index is 0.0892. The van der Waals surface area contributed by atoms with Gasteiger partial charge in [-0.1, -0.05) is 13.8 Å². The summed E-state index contributed by atoms with van der Waals surface area (Å²) in [5.41, 5.74) is 0.743. The predicted octanol–water partition coefficient (Wildman–Crippen LogP) is 3.37. The zero-order chi connectivity index (χ0) is 17.9. The van der Waals surface area contributed by atoms with Gasteiger partial charge in [-0.3, -0.25) is 9.59 Å². The number of methoxy groups -OCH3 is 2. The molecule has 6 heteroatoms. The fourth-order valence-electron chi connectivity index (χ4n) is 1.96. The Kier molecular flexibility index (Phi) is 8.11. The fourth-order valence-corrected chi connectivity index (χ4v) is 1.96. The van der Waals surface area contributed by atoms with Gasteiger partial charge in [0.25, 0.3) is 0 Å². The number of carbonyl (C=O) groups is 2. The first kappa shape index (κ1) is 19.3. The molecule has 0 spiro atoms. The Bertz CT molecular complexity index is 672. The summed E-state index contributed by atoms with van der Waals surface area (Å²) in [4.78, 5) is 24.1. The largest absolute Gasteiger partial charge is 0.493 e. The Labute approximate surface area is 141 Å². The molecule has 0 N–H and O–H groups in total. The van der Waals surface area contributed by atoms with Crippen molar-refractivity contribution in [3.8, 4) is 11.5 Å². The average Bonchev–Trinajstić information content (AvgIpc) is 2.67. The molecule has 0 saturated carbocycles. The Balaban J connectivity index is 0.00000139. The molecule has 128 valence electrons. The molecule has 0 aliphatic rings. The van der Waals surface area contributed by atoms with Crippen LogP contribution in [0.1, 0.15) is 47.5 Å². The van der Waals surface area contributed by atoms with Crippen molar-refractivity contribution >= 4 is 11.6 Å². The summed E-state index contributed by atoms with van der Waals surface area (Å²) in [6.07, 6.45) is 1.68. The molecule has 0 aliphatic heterocycles. The van der Waals surface area contributed by atoms with Crippen molar-refractivity contribution in [3.05, 3.63) is 47.8 Å². The lowest BCUT2D eigenvalue weighted by Gasteiger charge is -2.08. The maximum Gasteiger partial charge on any atom is 0.183 e. The quantitative estimate of drug-likeness (QED) is 0.724. The Hall–Kier alpha value is -2.76. The third kappa shape index (κ3) is 5.15. The van der Waals surface area contributed by atoms with Crippen LogP contribution in [-0.2, 0) is 0 Å². The molecule has 0 atom stereocenters. The Morgan fingerprint density at radius 2 is 1.62 bits per heavy atom. The molecule has 2 aromatic rings. The second-order valence-corrected chi connectivity index (χ2v) is 4.53. The van der Waals surface area contributed by atoms with Gasteiger partial charge in [0.05, 0.1) is 14.2 Å². The molecule has 24 heavy (non-hydrogen) atoms. The van der Waals surface area contributed by atoms with Crippen LogP contribution in [0.15, 0.2) is 36.5 Å². The molecular weight excluding hydrogens is 308 g/mol. The highest BCUT2D eigenvalue weighted by molar-refractivity contribution is 6.01. The highest BCUT2D eigenvalue weighted by Gasteiger charge is 2.14. The van der Waals surface area contributed by atoms with E-state index in [0.717, 1.165) is 0 Å². The number of aromatic nitrogens is 2. The summed E-state index contributed by atoms with van der Waals surface area (Å²) < 4.78 is 10.3. The number of Topliss-reactive ketones (excluding diaryl/α,β-unsaturated/α-hetero) is 2. The van der Waals surface area contributed by atoms with Gasteiger partial charge in [-0.25, -0.2) is 0 Å². The molecule has 0 radical (unpaired) electrons. The van der Waals surface area contributed by atoms with Crippen LogP contribution in [0.4, 0.5) is 0 Å². The van der Waals surface area contributed by atoms with Gasteiger partial charge in [0.2, 0.25) is 0 Å². The van der Waals surface area contributed by atoms with Crippen molar-refractivity contribution in [2.45, 2.75) is 26.7 Å². The van der Waals surface area contributed by atoms with E-state index in [9.17, 15) is 9.59 Å². The molecule has 2 rings (SSSR count). The number of nitrogens with zero attached hydrogens (tertiary/aromatic N) is 2. The van der Waals surface area contributed by atoms with Crippen molar-refractivity contribution < 1.29 is 19.1 Å². The minimum atomic E-state index is -0.207. The fraction of sp³-hybridized carbons (Fsp3) is 0.333. The minimum Gasteiger partial charge on any atom is -0.493 e. The number of ether oxygens (including phenoxy) is 2. The van der Waals surface area contributed by atoms with E-state index in [2.05, 4.69) is 10.2 Å². The highest BCUT2D eigenvalue weighted by atomic mass is 16.5. The first-order valence-corrected chi connectivity index (χ1v) is 7.72. The number of hydrogen-bond donors (Lipinski definition) is 0. The van der Waals surface area contributed by atoms with Gasteiger partial charge in [-0.15, -0.1) is 5.10 Å². The summed E-state index contributed by atoms with van der Waals surface area (Å²) in [7, 11) is 3.03. The Morgan fingerprint density at radius 3 is 2.21 bits per heavy atom. The molecule has 0 unspecified atom stereocenters. The van der Waals surface area contributed by atoms with Crippen LogP contribution >= 0.6 is 0 Å². The molecule has 0 fully saturated rings. The zero-order valence-electron chi connectivity index (χ0n) is 14.4. The Morgan fingerprint density at radius 1 is 0.958 bits per heavy atom. The van der Waals surface area contributed by atoms with Gasteiger partial charge in [0.15, 0.2) is 23.1 Å². The molecule has 1 heterocycles. The summed E-state index contributed by atoms with van der Waals surface area (Å²) in [6, 6.07) is 8.13. The van der Waals surface area contributed by atoms with E-state index in [1.54, 1.807) is 30.3 Å². The molecule has 0 aliphatic carbocycles. The van der Waals surface area contributed by atoms with E-state index >= 15 is 0 Å². The van der Waals surface area contributed by atoms with Crippen LogP contribution in [0.25, 0.3) is 0 Å². The first-order chi connectivity index (χ1) is 11.7. The number of rotatable bonds is 7. The van der Waals surface area contributed by atoms with Crippen LogP contribution < -0.4 is 9.47 Å². The lowest BCUT2D eigenvalue weighted by molar-refractivity contribution is 0.0914. The monoisotopic (exact) mass is 330 g/mol. The van der Waals surface area contributed by atoms with Crippen LogP contribution in [0.5, 0.6) is 11.5 Å². The summed E-state index contributed by atoms with van der Waals surface area (Å²) >= 11 is 0. The second-order valence-electron chi connectivity index (χ2n) is 4.53. The number of ketones is 2. The number of benzene rings is 1. The van der Waals surface area contributed by atoms with E-state index < -0.39 is 0 Å². The van der Waals surface area contributed by atoms with Gasteiger partial charge < -0.3 is 9.47 Å². The van der Waals surface area contributed by atoms with Crippen LogP contribution in [-0.4, -0.2) is 36.0 Å². The third-order valence-electron chi connectivity index (χ3n) is 3.14. The van der Waals surface area contributed by atoms with Gasteiger partial charge in [0, 0.05) is 24.6 Å². The van der Waals surface area contributed by atoms with Gasteiger partial charge in [-0.2, -0.15) is 5.10 Å². The topological polar surface area (TPSA) is 78.4 Å². The molecular formula is C18H22N2O4. The van der Waals surface area contributed by atoms with Crippen molar-refractivity contribution in [3.63, 3.8) is 0 Å². The van der Waals surface area contributed by atoms with Crippen molar-refractivity contribution in [2.75, 3.05) is 14.2 Å². The molecule has 0 bridgehead atoms. The summed E-state index contributed by atoms with van der Waals surface area (Å²) in [6.45, 7) is 4.00. The predicted molar refractivity (Wildman–Crippen MR) is 90.8 cm³/mol. The standard InChI is InChI=1S/C16H16N2O4.C2H6/c1-21-15-8-5-11(10-16(15)22-2)13(19)6-7-14(20)12-4-3-9-17-18-12;1-2/h3-5,8-10H,6-7H2,1-2H3;1-2H3. The van der Waals surface area contributed by atoms with E-state index in [-0.39, 0.29) is 30.1 Å². The number of carbonyl (C=O) groups excluding carboxylic acids is 2. The van der Waals surface area contributed by atoms with Crippen LogP contribution in [0.3, 0.4) is 0 Å². The van der Waals surface area contributed by atoms with Gasteiger partial charge >= 0.3 is 0 Å². The van der Waals surface area contributed by atoms with Crippen molar-refractivity contribution in [2.24, 2.45) is 0 Å². The lowest BCUT2D eigenvalue weighted by Crippen LogP contribution is -2.07. The number of hydrogen-bond acceptors (Lipinski definition) is 6. The maximum absolute atomic E-state index is 12.2. The van der Waals surface area contributed by atoms with Crippen molar-refractivity contribution in [1.29, 1.82) is 0 Å². The molecule has 6 nitrogen and oxygen atoms in total. The van der Waals surface area contributed by atoms with Crippen LogP contribution in [0, 0.1) is 0 Å². The van der Waals surface area contributed by atoms with E-state index in [1.165, 1.54) is 20.4 Å². The molecule has 1 aromatic heterocycles. The second kappa shape index (κ2) is 10.1. The van der Waals surface area contributed by atoms with Crippen molar-refractivity contribution in [1.82, 2.24) is 10.2 Å².